The summed E-state index contributed by atoms with van der Waals surface area (Å²) in [5, 5.41) is 21.0. The number of carbonyl (C=O) groups is 2. The van der Waals surface area contributed by atoms with Gasteiger partial charge in [0, 0.05) is 68.6 Å². The van der Waals surface area contributed by atoms with E-state index in [1.807, 2.05) is 78.7 Å². The van der Waals surface area contributed by atoms with Crippen LogP contribution in [0.1, 0.15) is 57.2 Å². The van der Waals surface area contributed by atoms with Gasteiger partial charge < -0.3 is 19.8 Å². The molecule has 0 spiro atoms. The number of para-hydroxylation sites is 1. The summed E-state index contributed by atoms with van der Waals surface area (Å²) < 4.78 is 6.68. The average Bonchev–Trinajstić information content (AvgIpc) is 3.12. The van der Waals surface area contributed by atoms with Crippen LogP contribution in [-0.4, -0.2) is 55.4 Å². The number of phenols is 1. The number of carboxylic acid groups (broad SMARTS) is 1. The summed E-state index contributed by atoms with van der Waals surface area (Å²) in [6.45, 7) is 1.73. The number of hydrogen-bond donors (Lipinski definition) is 2. The summed E-state index contributed by atoms with van der Waals surface area (Å²) in [5.41, 5.74) is 5.69. The van der Waals surface area contributed by atoms with Crippen molar-refractivity contribution in [3.8, 4) is 11.5 Å². The van der Waals surface area contributed by atoms with Crippen molar-refractivity contribution in [1.29, 1.82) is 0 Å². The van der Waals surface area contributed by atoms with E-state index in [0.717, 1.165) is 28.2 Å². The van der Waals surface area contributed by atoms with E-state index in [9.17, 15) is 19.8 Å². The summed E-state index contributed by atoms with van der Waals surface area (Å²) >= 11 is 6.54. The van der Waals surface area contributed by atoms with E-state index < -0.39 is 23.4 Å². The topological polar surface area (TPSA) is 116 Å². The monoisotopic (exact) mass is 688 g/mol. The fraction of sp³-hybridized carbons (Fsp3) is 0.250. The second-order valence-corrected chi connectivity index (χ2v) is 13.4. The molecule has 7 rings (SSSR count). The van der Waals surface area contributed by atoms with Crippen molar-refractivity contribution in [3.05, 3.63) is 143 Å². The molecule has 3 aromatic carbocycles. The Balaban J connectivity index is 1.30. The van der Waals surface area contributed by atoms with Crippen molar-refractivity contribution in [2.24, 2.45) is 5.92 Å². The molecule has 1 aliphatic heterocycles. The number of phenolic OH excluding ortho intramolecular Hbond substituents is 1. The van der Waals surface area contributed by atoms with Gasteiger partial charge in [0.2, 0.25) is 0 Å². The van der Waals surface area contributed by atoms with Gasteiger partial charge in [-0.3, -0.25) is 19.7 Å². The number of Topliss-reactive ketones (excluding diaryl/α,β-unsaturated/α-hetero) is 1. The summed E-state index contributed by atoms with van der Waals surface area (Å²) in [6.07, 6.45) is 3.47. The zero-order chi connectivity index (χ0) is 34.8. The zero-order valence-electron chi connectivity index (χ0n) is 27.5. The van der Waals surface area contributed by atoms with E-state index in [-0.39, 0.29) is 29.4 Å². The second kappa shape index (κ2) is 14.3. The summed E-state index contributed by atoms with van der Waals surface area (Å²) in [5.74, 6) is -1.40. The van der Waals surface area contributed by atoms with E-state index in [1.54, 1.807) is 36.7 Å². The Morgan fingerprint density at radius 2 is 1.52 bits per heavy atom. The summed E-state index contributed by atoms with van der Waals surface area (Å²) in [6, 6.07) is 30.1. The SMILES string of the molecule is CN(c1ccccc1CN(Cc1ccccn1)Cc1ccccn1)c1c(O)ccc2c1OC1CC(=O)C(Cl)CC1C2c1ccccc1C(=O)O. The third kappa shape index (κ3) is 6.66. The molecule has 10 heteroatoms. The fourth-order valence-corrected chi connectivity index (χ4v) is 7.73. The smallest absolute Gasteiger partial charge is 0.335 e. The molecule has 0 saturated heterocycles. The van der Waals surface area contributed by atoms with Crippen molar-refractivity contribution in [3.63, 3.8) is 0 Å². The first kappa shape index (κ1) is 33.3. The quantitative estimate of drug-likeness (QED) is 0.146. The minimum absolute atomic E-state index is 0.000885. The van der Waals surface area contributed by atoms with Crippen LogP contribution < -0.4 is 9.64 Å². The van der Waals surface area contributed by atoms with E-state index in [2.05, 4.69) is 20.9 Å². The van der Waals surface area contributed by atoms with Gasteiger partial charge in [0.25, 0.3) is 0 Å². The van der Waals surface area contributed by atoms with Crippen LogP contribution in [0.2, 0.25) is 0 Å². The van der Waals surface area contributed by atoms with Gasteiger partial charge in [-0.2, -0.15) is 0 Å². The Kier molecular flexibility index (Phi) is 9.52. The van der Waals surface area contributed by atoms with Crippen LogP contribution in [0.5, 0.6) is 11.5 Å². The number of aromatic nitrogens is 2. The second-order valence-electron chi connectivity index (χ2n) is 12.9. The fourth-order valence-electron chi connectivity index (χ4n) is 7.43. The van der Waals surface area contributed by atoms with Crippen molar-refractivity contribution in [2.45, 2.75) is 49.9 Å². The molecule has 50 heavy (non-hydrogen) atoms. The van der Waals surface area contributed by atoms with E-state index in [0.29, 0.717) is 43.1 Å². The molecule has 0 amide bonds. The zero-order valence-corrected chi connectivity index (χ0v) is 28.3. The van der Waals surface area contributed by atoms with Gasteiger partial charge in [0.1, 0.15) is 17.5 Å². The number of aromatic carboxylic acids is 1. The summed E-state index contributed by atoms with van der Waals surface area (Å²) in [7, 11) is 1.88. The Morgan fingerprint density at radius 1 is 0.860 bits per heavy atom. The molecule has 9 nitrogen and oxygen atoms in total. The highest BCUT2D eigenvalue weighted by Gasteiger charge is 2.47. The molecule has 2 aromatic heterocycles. The number of hydrogen-bond acceptors (Lipinski definition) is 8. The first-order valence-corrected chi connectivity index (χ1v) is 17.1. The number of aromatic hydroxyl groups is 1. The van der Waals surface area contributed by atoms with Crippen molar-refractivity contribution >= 4 is 34.7 Å². The largest absolute Gasteiger partial charge is 0.506 e. The van der Waals surface area contributed by atoms with Gasteiger partial charge in [-0.25, -0.2) is 4.79 Å². The van der Waals surface area contributed by atoms with Crippen LogP contribution in [0.15, 0.2) is 109 Å². The third-order valence-corrected chi connectivity index (χ3v) is 10.1. The molecule has 4 unspecified atom stereocenters. The maximum Gasteiger partial charge on any atom is 0.335 e. The molecule has 1 fully saturated rings. The lowest BCUT2D eigenvalue weighted by molar-refractivity contribution is -0.124. The first-order valence-electron chi connectivity index (χ1n) is 16.6. The van der Waals surface area contributed by atoms with Crippen molar-refractivity contribution < 1.29 is 24.5 Å². The van der Waals surface area contributed by atoms with Crippen LogP contribution in [0.25, 0.3) is 0 Å². The van der Waals surface area contributed by atoms with Crippen molar-refractivity contribution in [1.82, 2.24) is 14.9 Å². The van der Waals surface area contributed by atoms with Crippen LogP contribution in [0.4, 0.5) is 11.4 Å². The minimum Gasteiger partial charge on any atom is -0.506 e. The number of ketones is 1. The molecular weight excluding hydrogens is 652 g/mol. The van der Waals surface area contributed by atoms with Crippen LogP contribution >= 0.6 is 11.6 Å². The average molecular weight is 689 g/mol. The number of carbonyl (C=O) groups excluding carboxylic acids is 1. The van der Waals surface area contributed by atoms with E-state index >= 15 is 0 Å². The van der Waals surface area contributed by atoms with E-state index in [4.69, 9.17) is 16.3 Å². The number of anilines is 2. The molecule has 254 valence electrons. The molecular formula is C40H37ClN4O5. The Labute approximate surface area is 295 Å². The summed E-state index contributed by atoms with van der Waals surface area (Å²) in [4.78, 5) is 38.7. The van der Waals surface area contributed by atoms with Crippen LogP contribution in [0.3, 0.4) is 0 Å². The number of benzene rings is 3. The van der Waals surface area contributed by atoms with Crippen molar-refractivity contribution in [2.75, 3.05) is 11.9 Å². The number of fused-ring (bicyclic) bond motifs is 2. The number of carboxylic acids is 1. The maximum atomic E-state index is 12.9. The van der Waals surface area contributed by atoms with Gasteiger partial charge in [-0.05, 0) is 60.0 Å². The van der Waals surface area contributed by atoms with E-state index in [1.165, 1.54) is 0 Å². The molecule has 2 aliphatic rings. The van der Waals surface area contributed by atoms with Gasteiger partial charge in [0.05, 0.1) is 22.3 Å². The van der Waals surface area contributed by atoms with Gasteiger partial charge in [-0.15, -0.1) is 11.6 Å². The number of alkyl halides is 1. The lowest BCUT2D eigenvalue weighted by atomic mass is 9.69. The molecule has 3 heterocycles. The number of rotatable bonds is 10. The van der Waals surface area contributed by atoms with Crippen LogP contribution in [-0.2, 0) is 24.4 Å². The third-order valence-electron chi connectivity index (χ3n) is 9.71. The molecule has 0 radical (unpaired) electrons. The molecule has 1 aliphatic carbocycles. The Hall–Kier alpha value is -5.25. The molecule has 5 aromatic rings. The Bertz CT molecular complexity index is 1970. The van der Waals surface area contributed by atoms with Crippen LogP contribution in [0, 0.1) is 5.92 Å². The first-order chi connectivity index (χ1) is 24.3. The number of nitrogens with zero attached hydrogens (tertiary/aromatic N) is 4. The maximum absolute atomic E-state index is 12.9. The van der Waals surface area contributed by atoms with Gasteiger partial charge >= 0.3 is 5.97 Å². The lowest BCUT2D eigenvalue weighted by Gasteiger charge is -2.44. The normalized spacial score (nSPS) is 19.7. The molecule has 0 bridgehead atoms. The highest BCUT2D eigenvalue weighted by molar-refractivity contribution is 6.31. The Morgan fingerprint density at radius 3 is 2.20 bits per heavy atom. The highest BCUT2D eigenvalue weighted by Crippen LogP contribution is 2.55. The molecule has 4 atom stereocenters. The lowest BCUT2D eigenvalue weighted by Crippen LogP contribution is -2.45. The number of halogens is 1. The standard InChI is InChI=1S/C40H37ClN4O5/c1-44(33-15-5-2-10-25(33)22-45(23-26-11-6-8-18-42-26)24-27-12-7-9-19-43-27)38-34(46)17-16-30-37(28-13-3-4-14-29(28)40(48)49)31-20-32(41)35(47)21-36(31)50-39(30)38/h2-19,31-32,36-37,46H,20-24H2,1H3,(H,48,49). The number of ether oxygens (including phenoxy) is 1. The van der Waals surface area contributed by atoms with Gasteiger partial charge in [0.15, 0.2) is 11.5 Å². The molecule has 2 N–H and O–H groups in total. The van der Waals surface area contributed by atoms with Gasteiger partial charge in [-0.1, -0.05) is 54.6 Å². The highest BCUT2D eigenvalue weighted by atomic mass is 35.5. The predicted molar refractivity (Wildman–Crippen MR) is 191 cm³/mol. The molecule has 1 saturated carbocycles. The predicted octanol–water partition coefficient (Wildman–Crippen LogP) is 7.33. The minimum atomic E-state index is -1.04. The number of pyridine rings is 2.